The molecule has 0 spiro atoms. The number of carbonyl (C=O) groups is 1. The number of morpholine rings is 1. The molecule has 0 aliphatic carbocycles. The molecule has 2 heterocycles. The lowest BCUT2D eigenvalue weighted by Crippen LogP contribution is -2.36. The van der Waals surface area contributed by atoms with Crippen molar-refractivity contribution >= 4 is 29.0 Å². The smallest absolute Gasteiger partial charge is 0.277 e. The van der Waals surface area contributed by atoms with Gasteiger partial charge in [0.1, 0.15) is 5.75 Å². The first-order valence-corrected chi connectivity index (χ1v) is 10.5. The van der Waals surface area contributed by atoms with E-state index in [1.165, 1.54) is 11.8 Å². The van der Waals surface area contributed by atoms with Crippen molar-refractivity contribution in [1.82, 2.24) is 10.2 Å². The molecule has 0 unspecified atom stereocenters. The molecular formula is C21H22N4O4S. The number of nitrogens with zero attached hydrogens (tertiary/aromatic N) is 3. The van der Waals surface area contributed by atoms with Gasteiger partial charge in [-0.3, -0.25) is 4.79 Å². The summed E-state index contributed by atoms with van der Waals surface area (Å²) in [7, 11) is 1.59. The molecule has 9 heteroatoms. The van der Waals surface area contributed by atoms with Crippen LogP contribution in [-0.2, 0) is 9.53 Å². The molecule has 2 aromatic carbocycles. The summed E-state index contributed by atoms with van der Waals surface area (Å²) in [5, 5.41) is 11.4. The molecule has 3 aromatic rings. The van der Waals surface area contributed by atoms with Gasteiger partial charge in [0.05, 0.1) is 43.0 Å². The highest BCUT2D eigenvalue weighted by molar-refractivity contribution is 7.99. The molecule has 1 aliphatic rings. The topological polar surface area (TPSA) is 89.7 Å². The molecule has 1 amide bonds. The Hall–Kier alpha value is -3.04. The minimum Gasteiger partial charge on any atom is -0.496 e. The zero-order valence-corrected chi connectivity index (χ0v) is 17.4. The van der Waals surface area contributed by atoms with Crippen molar-refractivity contribution in [3.8, 4) is 17.2 Å². The summed E-state index contributed by atoms with van der Waals surface area (Å²) in [5.41, 5.74) is 2.49. The van der Waals surface area contributed by atoms with Crippen molar-refractivity contribution in [3.05, 3.63) is 48.5 Å². The summed E-state index contributed by atoms with van der Waals surface area (Å²) in [6, 6.07) is 15.2. The maximum absolute atomic E-state index is 12.5. The monoisotopic (exact) mass is 426 g/mol. The molecule has 1 fully saturated rings. The van der Waals surface area contributed by atoms with Crippen molar-refractivity contribution < 1.29 is 18.7 Å². The number of anilines is 2. The van der Waals surface area contributed by atoms with Crippen LogP contribution >= 0.6 is 11.8 Å². The molecule has 1 aromatic heterocycles. The zero-order chi connectivity index (χ0) is 20.8. The lowest BCUT2D eigenvalue weighted by molar-refractivity contribution is -0.113. The third kappa shape index (κ3) is 4.74. The SMILES string of the molecule is COc1ccccc1-c1nnc(SCC(=O)Nc2ccccc2N2CCOCC2)o1. The highest BCUT2D eigenvalue weighted by Crippen LogP contribution is 2.31. The summed E-state index contributed by atoms with van der Waals surface area (Å²) in [4.78, 5) is 14.7. The van der Waals surface area contributed by atoms with Crippen molar-refractivity contribution in [2.75, 3.05) is 49.4 Å². The van der Waals surface area contributed by atoms with Gasteiger partial charge in [0.15, 0.2) is 0 Å². The third-order valence-corrected chi connectivity index (χ3v) is 5.42. The number of amides is 1. The fraction of sp³-hybridized carbons (Fsp3) is 0.286. The van der Waals surface area contributed by atoms with Crippen LogP contribution in [0.4, 0.5) is 11.4 Å². The Bertz CT molecular complexity index is 1000. The maximum Gasteiger partial charge on any atom is 0.277 e. The Morgan fingerprint density at radius 1 is 1.13 bits per heavy atom. The van der Waals surface area contributed by atoms with E-state index in [2.05, 4.69) is 20.4 Å². The van der Waals surface area contributed by atoms with Gasteiger partial charge in [0.25, 0.3) is 11.1 Å². The number of methoxy groups -OCH3 is 1. The number of hydrogen-bond donors (Lipinski definition) is 1. The minimum absolute atomic E-state index is 0.141. The van der Waals surface area contributed by atoms with E-state index >= 15 is 0 Å². The number of para-hydroxylation sites is 3. The lowest BCUT2D eigenvalue weighted by atomic mass is 10.2. The maximum atomic E-state index is 12.5. The summed E-state index contributed by atoms with van der Waals surface area (Å²) in [5.74, 6) is 1.02. The average Bonchev–Trinajstić information content (AvgIpc) is 3.27. The summed E-state index contributed by atoms with van der Waals surface area (Å²) in [6.07, 6.45) is 0. The zero-order valence-electron chi connectivity index (χ0n) is 16.5. The molecule has 8 nitrogen and oxygen atoms in total. The van der Waals surface area contributed by atoms with Crippen LogP contribution in [0.5, 0.6) is 5.75 Å². The van der Waals surface area contributed by atoms with Crippen molar-refractivity contribution in [3.63, 3.8) is 0 Å². The molecule has 0 atom stereocenters. The second-order valence-corrected chi connectivity index (χ2v) is 7.45. The van der Waals surface area contributed by atoms with Crippen molar-refractivity contribution in [2.24, 2.45) is 0 Å². The first kappa shape index (κ1) is 20.2. The van der Waals surface area contributed by atoms with Gasteiger partial charge in [0.2, 0.25) is 5.91 Å². The Labute approximate surface area is 178 Å². The standard InChI is InChI=1S/C21H22N4O4S/c1-27-18-9-5-2-6-15(18)20-23-24-21(29-20)30-14-19(26)22-16-7-3-4-8-17(16)25-10-12-28-13-11-25/h2-9H,10-14H2,1H3,(H,22,26). The lowest BCUT2D eigenvalue weighted by Gasteiger charge is -2.30. The minimum atomic E-state index is -0.141. The second-order valence-electron chi connectivity index (χ2n) is 6.53. The van der Waals surface area contributed by atoms with Crippen LogP contribution < -0.4 is 15.0 Å². The van der Waals surface area contributed by atoms with E-state index in [9.17, 15) is 4.79 Å². The Balaban J connectivity index is 1.38. The van der Waals surface area contributed by atoms with Crippen LogP contribution in [0.15, 0.2) is 58.2 Å². The van der Waals surface area contributed by atoms with Gasteiger partial charge in [-0.1, -0.05) is 36.0 Å². The Kier molecular flexibility index (Phi) is 6.50. The highest BCUT2D eigenvalue weighted by Gasteiger charge is 2.17. The van der Waals surface area contributed by atoms with Crippen LogP contribution in [-0.4, -0.2) is 55.3 Å². The van der Waals surface area contributed by atoms with Gasteiger partial charge in [-0.25, -0.2) is 0 Å². The van der Waals surface area contributed by atoms with E-state index < -0.39 is 0 Å². The molecule has 1 saturated heterocycles. The van der Waals surface area contributed by atoms with Crippen LogP contribution in [0.25, 0.3) is 11.5 Å². The van der Waals surface area contributed by atoms with E-state index in [-0.39, 0.29) is 11.7 Å². The van der Waals surface area contributed by atoms with Crippen molar-refractivity contribution in [2.45, 2.75) is 5.22 Å². The molecule has 0 bridgehead atoms. The number of benzene rings is 2. The van der Waals surface area contributed by atoms with Gasteiger partial charge in [-0.05, 0) is 24.3 Å². The molecule has 30 heavy (non-hydrogen) atoms. The van der Waals surface area contributed by atoms with E-state index in [0.717, 1.165) is 24.5 Å². The normalized spacial score (nSPS) is 13.8. The van der Waals surface area contributed by atoms with Gasteiger partial charge in [0, 0.05) is 13.1 Å². The van der Waals surface area contributed by atoms with E-state index in [4.69, 9.17) is 13.9 Å². The van der Waals surface area contributed by atoms with Gasteiger partial charge in [-0.2, -0.15) is 0 Å². The summed E-state index contributed by atoms with van der Waals surface area (Å²) >= 11 is 1.19. The molecule has 1 aliphatic heterocycles. The Morgan fingerprint density at radius 3 is 2.73 bits per heavy atom. The third-order valence-electron chi connectivity index (χ3n) is 4.60. The molecule has 4 rings (SSSR count). The molecule has 0 radical (unpaired) electrons. The molecular weight excluding hydrogens is 404 g/mol. The van der Waals surface area contributed by atoms with Crippen LogP contribution in [0.2, 0.25) is 0 Å². The number of aromatic nitrogens is 2. The van der Waals surface area contributed by atoms with Crippen LogP contribution in [0.3, 0.4) is 0 Å². The predicted octanol–water partition coefficient (Wildman–Crippen LogP) is 3.31. The average molecular weight is 426 g/mol. The van der Waals surface area contributed by atoms with Crippen molar-refractivity contribution in [1.29, 1.82) is 0 Å². The van der Waals surface area contributed by atoms with Gasteiger partial charge in [-0.15, -0.1) is 10.2 Å². The quantitative estimate of drug-likeness (QED) is 0.576. The number of hydrogen-bond acceptors (Lipinski definition) is 8. The number of nitrogens with one attached hydrogen (secondary N) is 1. The number of thioether (sulfide) groups is 1. The first-order valence-electron chi connectivity index (χ1n) is 9.56. The number of carbonyl (C=O) groups excluding carboxylic acids is 1. The predicted molar refractivity (Wildman–Crippen MR) is 115 cm³/mol. The summed E-state index contributed by atoms with van der Waals surface area (Å²) < 4.78 is 16.4. The van der Waals surface area contributed by atoms with Crippen LogP contribution in [0, 0.1) is 0 Å². The fourth-order valence-corrected chi connectivity index (χ4v) is 3.73. The molecule has 0 saturated carbocycles. The van der Waals surface area contributed by atoms with Gasteiger partial charge < -0.3 is 24.1 Å². The van der Waals surface area contributed by atoms with E-state index in [0.29, 0.717) is 35.6 Å². The fourth-order valence-electron chi connectivity index (χ4n) is 3.17. The highest BCUT2D eigenvalue weighted by atomic mass is 32.2. The van der Waals surface area contributed by atoms with Gasteiger partial charge >= 0.3 is 0 Å². The van der Waals surface area contributed by atoms with Crippen LogP contribution in [0.1, 0.15) is 0 Å². The number of ether oxygens (including phenoxy) is 2. The number of rotatable bonds is 7. The van der Waals surface area contributed by atoms with E-state index in [1.54, 1.807) is 7.11 Å². The first-order chi connectivity index (χ1) is 14.7. The molecule has 1 N–H and O–H groups in total. The largest absolute Gasteiger partial charge is 0.496 e. The second kappa shape index (κ2) is 9.64. The van der Waals surface area contributed by atoms with E-state index in [1.807, 2.05) is 48.5 Å². The Morgan fingerprint density at radius 2 is 1.90 bits per heavy atom. The summed E-state index contributed by atoms with van der Waals surface area (Å²) in [6.45, 7) is 2.97. The molecule has 156 valence electrons.